The van der Waals surface area contributed by atoms with Crippen molar-refractivity contribution in [1.82, 2.24) is 5.32 Å². The Balaban J connectivity index is 0.00000127. The predicted molar refractivity (Wildman–Crippen MR) is 74.3 cm³/mol. The van der Waals surface area contributed by atoms with Crippen LogP contribution in [0.2, 0.25) is 0 Å². The standard InChI is InChI=1S/C12H10F4N2O3.C2H6/c13-6-1-7(14)3-8(2-6)18-5-9(21-12(18)20)4-17-11(19)10(15)16;1-2/h1-3,9-10H,4-5H2,(H,17,19);1-2H3. The number of hydrogen-bond donors (Lipinski definition) is 1. The van der Waals surface area contributed by atoms with Gasteiger partial charge in [-0.2, -0.15) is 8.78 Å². The molecule has 0 radical (unpaired) electrons. The van der Waals surface area contributed by atoms with Crippen LogP contribution in [-0.2, 0) is 9.53 Å². The lowest BCUT2D eigenvalue weighted by molar-refractivity contribution is -0.132. The molecule has 1 saturated heterocycles. The first-order chi connectivity index (χ1) is 10.9. The van der Waals surface area contributed by atoms with Gasteiger partial charge in [-0.15, -0.1) is 0 Å². The minimum Gasteiger partial charge on any atom is -0.442 e. The molecule has 2 amide bonds. The normalized spacial score (nSPS) is 16.7. The van der Waals surface area contributed by atoms with E-state index >= 15 is 0 Å². The number of ether oxygens (including phenoxy) is 1. The van der Waals surface area contributed by atoms with Gasteiger partial charge in [-0.1, -0.05) is 13.8 Å². The van der Waals surface area contributed by atoms with Crippen molar-refractivity contribution < 1.29 is 31.9 Å². The highest BCUT2D eigenvalue weighted by Gasteiger charge is 2.33. The monoisotopic (exact) mass is 336 g/mol. The van der Waals surface area contributed by atoms with Crippen LogP contribution in [0.1, 0.15) is 13.8 Å². The van der Waals surface area contributed by atoms with Crippen LogP contribution in [0.25, 0.3) is 0 Å². The number of halogens is 4. The van der Waals surface area contributed by atoms with E-state index in [-0.39, 0.29) is 18.8 Å². The molecule has 0 aliphatic carbocycles. The fraction of sp³-hybridized carbons (Fsp3) is 0.429. The van der Waals surface area contributed by atoms with Gasteiger partial charge < -0.3 is 10.1 Å². The Bertz CT molecular complexity index is 549. The predicted octanol–water partition coefficient (Wildman–Crippen LogP) is 2.70. The van der Waals surface area contributed by atoms with Gasteiger partial charge in [-0.3, -0.25) is 9.69 Å². The molecule has 1 fully saturated rings. The molecule has 1 unspecified atom stereocenters. The van der Waals surface area contributed by atoms with E-state index < -0.39 is 36.2 Å². The summed E-state index contributed by atoms with van der Waals surface area (Å²) in [6.45, 7) is 3.56. The number of nitrogens with zero attached hydrogens (tertiary/aromatic N) is 1. The number of carbonyl (C=O) groups excluding carboxylic acids is 2. The molecule has 9 heteroatoms. The van der Waals surface area contributed by atoms with Gasteiger partial charge in [0.25, 0.3) is 5.91 Å². The summed E-state index contributed by atoms with van der Waals surface area (Å²) >= 11 is 0. The molecule has 0 bridgehead atoms. The summed E-state index contributed by atoms with van der Waals surface area (Å²) in [6.07, 6.45) is -4.93. The lowest BCUT2D eigenvalue weighted by Crippen LogP contribution is -2.37. The molecule has 5 nitrogen and oxygen atoms in total. The molecular weight excluding hydrogens is 320 g/mol. The zero-order valence-corrected chi connectivity index (χ0v) is 12.5. The summed E-state index contributed by atoms with van der Waals surface area (Å²) in [5.74, 6) is -3.22. The van der Waals surface area contributed by atoms with Crippen LogP contribution in [0.3, 0.4) is 0 Å². The van der Waals surface area contributed by atoms with Gasteiger partial charge in [0.15, 0.2) is 0 Å². The first-order valence-electron chi connectivity index (χ1n) is 6.87. The summed E-state index contributed by atoms with van der Waals surface area (Å²) < 4.78 is 55.0. The van der Waals surface area contributed by atoms with Crippen LogP contribution in [0.15, 0.2) is 18.2 Å². The van der Waals surface area contributed by atoms with Crippen LogP contribution in [0, 0.1) is 11.6 Å². The third-order valence-corrected chi connectivity index (χ3v) is 2.74. The minimum absolute atomic E-state index is 0.0554. The lowest BCUT2D eigenvalue weighted by Gasteiger charge is -2.13. The second-order valence-electron chi connectivity index (χ2n) is 4.29. The van der Waals surface area contributed by atoms with Crippen LogP contribution < -0.4 is 10.2 Å². The molecule has 128 valence electrons. The van der Waals surface area contributed by atoms with E-state index in [0.29, 0.717) is 6.07 Å². The number of alkyl halides is 2. The number of hydrogen-bond acceptors (Lipinski definition) is 3. The summed E-state index contributed by atoms with van der Waals surface area (Å²) in [4.78, 5) is 23.2. The highest BCUT2D eigenvalue weighted by Crippen LogP contribution is 2.23. The van der Waals surface area contributed by atoms with Gasteiger partial charge in [0.1, 0.15) is 17.7 Å². The molecule has 0 aromatic heterocycles. The molecule has 2 rings (SSSR count). The van der Waals surface area contributed by atoms with E-state index in [9.17, 15) is 27.2 Å². The Kier molecular flexibility index (Phi) is 6.80. The Morgan fingerprint density at radius 2 is 1.87 bits per heavy atom. The number of nitrogens with one attached hydrogen (secondary N) is 1. The molecule has 1 aliphatic heterocycles. The zero-order chi connectivity index (χ0) is 17.6. The fourth-order valence-electron chi connectivity index (χ4n) is 1.83. The van der Waals surface area contributed by atoms with E-state index in [0.717, 1.165) is 17.0 Å². The second-order valence-corrected chi connectivity index (χ2v) is 4.29. The maximum absolute atomic E-state index is 13.1. The number of benzene rings is 1. The third kappa shape index (κ3) is 5.11. The lowest BCUT2D eigenvalue weighted by atomic mass is 10.2. The molecule has 1 N–H and O–H groups in total. The Morgan fingerprint density at radius 1 is 1.30 bits per heavy atom. The van der Waals surface area contributed by atoms with Gasteiger partial charge in [0.2, 0.25) is 0 Å². The van der Waals surface area contributed by atoms with Crippen molar-refractivity contribution >= 4 is 17.7 Å². The van der Waals surface area contributed by atoms with Crippen LogP contribution in [0.4, 0.5) is 28.0 Å². The SMILES string of the molecule is CC.O=C(NCC1CN(c2cc(F)cc(F)c2)C(=O)O1)C(F)F. The zero-order valence-electron chi connectivity index (χ0n) is 12.5. The Hall–Kier alpha value is -2.32. The van der Waals surface area contributed by atoms with E-state index in [1.165, 1.54) is 0 Å². The summed E-state index contributed by atoms with van der Waals surface area (Å²) in [5.41, 5.74) is -0.0554. The Morgan fingerprint density at radius 3 is 2.39 bits per heavy atom. The maximum Gasteiger partial charge on any atom is 0.414 e. The van der Waals surface area contributed by atoms with Crippen LogP contribution >= 0.6 is 0 Å². The molecule has 1 heterocycles. The quantitative estimate of drug-likeness (QED) is 0.860. The minimum atomic E-state index is -3.17. The highest BCUT2D eigenvalue weighted by atomic mass is 19.3. The van der Waals surface area contributed by atoms with Gasteiger partial charge in [0.05, 0.1) is 18.8 Å². The molecule has 1 aliphatic rings. The van der Waals surface area contributed by atoms with E-state index in [4.69, 9.17) is 4.74 Å². The van der Waals surface area contributed by atoms with Gasteiger partial charge in [-0.25, -0.2) is 13.6 Å². The van der Waals surface area contributed by atoms with Crippen molar-refractivity contribution in [2.75, 3.05) is 18.0 Å². The van der Waals surface area contributed by atoms with E-state index in [1.54, 1.807) is 0 Å². The molecule has 1 aromatic rings. The molecule has 0 spiro atoms. The van der Waals surface area contributed by atoms with E-state index in [2.05, 4.69) is 0 Å². The third-order valence-electron chi connectivity index (χ3n) is 2.74. The first kappa shape index (κ1) is 18.7. The van der Waals surface area contributed by atoms with Gasteiger partial charge in [-0.05, 0) is 12.1 Å². The van der Waals surface area contributed by atoms with Crippen molar-refractivity contribution in [3.63, 3.8) is 0 Å². The van der Waals surface area contributed by atoms with Crippen molar-refractivity contribution in [1.29, 1.82) is 0 Å². The van der Waals surface area contributed by atoms with Crippen molar-refractivity contribution in [3.05, 3.63) is 29.8 Å². The second kappa shape index (κ2) is 8.35. The number of anilines is 1. The number of amides is 2. The smallest absolute Gasteiger partial charge is 0.414 e. The topological polar surface area (TPSA) is 58.6 Å². The van der Waals surface area contributed by atoms with Crippen molar-refractivity contribution in [2.24, 2.45) is 0 Å². The molecular formula is C14H16F4N2O3. The summed E-state index contributed by atoms with van der Waals surface area (Å²) in [6, 6.07) is 2.51. The average Bonchev–Trinajstić information content (AvgIpc) is 2.86. The summed E-state index contributed by atoms with van der Waals surface area (Å²) in [5, 5.41) is 1.90. The van der Waals surface area contributed by atoms with Crippen molar-refractivity contribution in [3.8, 4) is 0 Å². The molecule has 0 saturated carbocycles. The molecule has 23 heavy (non-hydrogen) atoms. The van der Waals surface area contributed by atoms with Gasteiger partial charge >= 0.3 is 12.5 Å². The number of rotatable bonds is 4. The maximum atomic E-state index is 13.1. The van der Waals surface area contributed by atoms with Crippen LogP contribution in [-0.4, -0.2) is 37.6 Å². The molecule has 1 atom stereocenters. The molecule has 1 aromatic carbocycles. The van der Waals surface area contributed by atoms with Crippen LogP contribution in [0.5, 0.6) is 0 Å². The van der Waals surface area contributed by atoms with Gasteiger partial charge in [0, 0.05) is 6.07 Å². The highest BCUT2D eigenvalue weighted by molar-refractivity contribution is 5.89. The summed E-state index contributed by atoms with van der Waals surface area (Å²) in [7, 11) is 0. The first-order valence-corrected chi connectivity index (χ1v) is 6.87. The average molecular weight is 336 g/mol. The van der Waals surface area contributed by atoms with Crippen molar-refractivity contribution in [2.45, 2.75) is 26.4 Å². The fourth-order valence-corrected chi connectivity index (χ4v) is 1.83. The largest absolute Gasteiger partial charge is 0.442 e. The van der Waals surface area contributed by atoms with E-state index in [1.807, 2.05) is 19.2 Å². The number of cyclic esters (lactones) is 1. The number of carbonyl (C=O) groups is 2. The Labute approximate surface area is 130 Å².